The van der Waals surface area contributed by atoms with E-state index in [1.807, 2.05) is 20.2 Å². The molecular formula is C21H30ClN3O3. The van der Waals surface area contributed by atoms with Crippen LogP contribution in [0.2, 0.25) is 0 Å². The van der Waals surface area contributed by atoms with Crippen molar-refractivity contribution in [2.75, 3.05) is 27.2 Å². The number of fused-ring (bicyclic) bond motifs is 1. The maximum atomic E-state index is 12.0. The van der Waals surface area contributed by atoms with Gasteiger partial charge in [0.05, 0.1) is 13.1 Å². The molecule has 28 heavy (non-hydrogen) atoms. The van der Waals surface area contributed by atoms with Gasteiger partial charge in [-0.25, -0.2) is 4.79 Å². The second-order valence-corrected chi connectivity index (χ2v) is 7.26. The van der Waals surface area contributed by atoms with Gasteiger partial charge in [-0.1, -0.05) is 30.3 Å². The molecule has 0 atom stereocenters. The van der Waals surface area contributed by atoms with Gasteiger partial charge in [-0.05, 0) is 57.0 Å². The minimum atomic E-state index is -0.391. The molecule has 154 valence electrons. The van der Waals surface area contributed by atoms with Crippen molar-refractivity contribution in [3.8, 4) is 0 Å². The Morgan fingerprint density at radius 3 is 2.79 bits per heavy atom. The number of furan rings is 1. The number of rotatable bonds is 8. The lowest BCUT2D eigenvalue weighted by atomic mass is 10.1. The topological polar surface area (TPSA) is 58.0 Å². The van der Waals surface area contributed by atoms with Crippen LogP contribution >= 0.6 is 12.4 Å². The molecule has 0 saturated heterocycles. The molecular weight excluding hydrogens is 378 g/mol. The van der Waals surface area contributed by atoms with Crippen LogP contribution in [0.15, 0.2) is 40.8 Å². The molecule has 0 aliphatic carbocycles. The molecule has 1 amide bonds. The highest BCUT2D eigenvalue weighted by Crippen LogP contribution is 2.23. The Morgan fingerprint density at radius 2 is 2.04 bits per heavy atom. The largest absolute Gasteiger partial charge is 0.463 e. The van der Waals surface area contributed by atoms with Crippen molar-refractivity contribution in [2.24, 2.45) is 0 Å². The minimum Gasteiger partial charge on any atom is -0.463 e. The maximum Gasteiger partial charge on any atom is 0.426 e. The molecule has 0 fully saturated rings. The summed E-state index contributed by atoms with van der Waals surface area (Å²) in [5.41, 5.74) is 2.55. The number of nitrogens with zero attached hydrogens (tertiary/aromatic N) is 2. The van der Waals surface area contributed by atoms with Gasteiger partial charge >= 0.3 is 6.09 Å². The fourth-order valence-corrected chi connectivity index (χ4v) is 3.26. The fourth-order valence-electron chi connectivity index (χ4n) is 3.26. The first kappa shape index (κ1) is 22.3. The van der Waals surface area contributed by atoms with Gasteiger partial charge in [-0.3, -0.25) is 0 Å². The van der Waals surface area contributed by atoms with Crippen LogP contribution in [0.25, 0.3) is 0 Å². The molecule has 0 spiro atoms. The van der Waals surface area contributed by atoms with E-state index < -0.39 is 6.09 Å². The normalized spacial score (nSPS) is 13.7. The third-order valence-corrected chi connectivity index (χ3v) is 4.59. The van der Waals surface area contributed by atoms with Crippen LogP contribution in [0.1, 0.15) is 35.5 Å². The fraction of sp³-hybridized carbons (Fsp3) is 0.476. The molecule has 1 aliphatic rings. The van der Waals surface area contributed by atoms with Gasteiger partial charge < -0.3 is 19.5 Å². The number of hydrogen-bond donors (Lipinski definition) is 1. The Balaban J connectivity index is 0.00000280. The number of hydrogen-bond acceptors (Lipinski definition) is 5. The second-order valence-electron chi connectivity index (χ2n) is 7.26. The number of aryl methyl sites for hydroxylation is 1. The first-order chi connectivity index (χ1) is 13.1. The summed E-state index contributed by atoms with van der Waals surface area (Å²) in [5, 5.41) is 4.50. The molecule has 1 N–H and O–H groups in total. The number of amides is 1. The van der Waals surface area contributed by atoms with Gasteiger partial charge in [0.25, 0.3) is 0 Å². The molecule has 1 aliphatic heterocycles. The Morgan fingerprint density at radius 1 is 1.25 bits per heavy atom. The van der Waals surface area contributed by atoms with Gasteiger partial charge in [0.15, 0.2) is 0 Å². The summed E-state index contributed by atoms with van der Waals surface area (Å²) in [4.78, 5) is 19.5. The van der Waals surface area contributed by atoms with Crippen molar-refractivity contribution in [1.29, 1.82) is 0 Å². The lowest BCUT2D eigenvalue weighted by Crippen LogP contribution is -2.37. The van der Waals surface area contributed by atoms with Crippen LogP contribution in [-0.2, 0) is 30.8 Å². The SMILES string of the molecule is CN(C)Cc1cc2c(o1)CN(OC(=O)NCCCCc1ccccc1)CC2.Cl. The Kier molecular flexibility index (Phi) is 8.83. The van der Waals surface area contributed by atoms with Crippen LogP contribution in [0.3, 0.4) is 0 Å². The van der Waals surface area contributed by atoms with Crippen LogP contribution < -0.4 is 5.32 Å². The van der Waals surface area contributed by atoms with Crippen molar-refractivity contribution < 1.29 is 14.0 Å². The molecule has 6 nitrogen and oxygen atoms in total. The van der Waals surface area contributed by atoms with E-state index in [9.17, 15) is 4.79 Å². The van der Waals surface area contributed by atoms with Crippen molar-refractivity contribution in [1.82, 2.24) is 15.3 Å². The van der Waals surface area contributed by atoms with E-state index in [2.05, 4.69) is 40.5 Å². The lowest BCUT2D eigenvalue weighted by molar-refractivity contribution is -0.115. The van der Waals surface area contributed by atoms with E-state index in [4.69, 9.17) is 9.25 Å². The van der Waals surface area contributed by atoms with Gasteiger partial charge in [-0.2, -0.15) is 0 Å². The smallest absolute Gasteiger partial charge is 0.426 e. The van der Waals surface area contributed by atoms with E-state index in [0.717, 1.165) is 43.7 Å². The number of nitrogens with one attached hydrogen (secondary N) is 1. The van der Waals surface area contributed by atoms with Crippen molar-refractivity contribution in [2.45, 2.75) is 38.8 Å². The molecule has 0 bridgehead atoms. The Bertz CT molecular complexity index is 734. The number of hydroxylamine groups is 2. The van der Waals surface area contributed by atoms with Crippen molar-refractivity contribution >= 4 is 18.5 Å². The highest BCUT2D eigenvalue weighted by molar-refractivity contribution is 5.85. The summed E-state index contributed by atoms with van der Waals surface area (Å²) in [6.45, 7) is 2.59. The monoisotopic (exact) mass is 407 g/mol. The van der Waals surface area contributed by atoms with E-state index >= 15 is 0 Å². The van der Waals surface area contributed by atoms with Crippen LogP contribution in [-0.4, -0.2) is 43.2 Å². The summed E-state index contributed by atoms with van der Waals surface area (Å²) >= 11 is 0. The third kappa shape index (κ3) is 6.86. The summed E-state index contributed by atoms with van der Waals surface area (Å²) in [5.74, 6) is 1.85. The van der Waals surface area contributed by atoms with E-state index in [1.54, 1.807) is 5.06 Å². The lowest BCUT2D eigenvalue weighted by Gasteiger charge is -2.24. The highest BCUT2D eigenvalue weighted by Gasteiger charge is 2.23. The summed E-state index contributed by atoms with van der Waals surface area (Å²) in [6.07, 6.45) is 3.44. The van der Waals surface area contributed by atoms with Crippen molar-refractivity contribution in [3.05, 3.63) is 59.0 Å². The second kappa shape index (κ2) is 11.1. The molecule has 0 unspecified atom stereocenters. The van der Waals surface area contributed by atoms with Gasteiger partial charge in [0.2, 0.25) is 0 Å². The summed E-state index contributed by atoms with van der Waals surface area (Å²) in [6, 6.07) is 12.5. The van der Waals surface area contributed by atoms with E-state index in [0.29, 0.717) is 19.6 Å². The summed E-state index contributed by atoms with van der Waals surface area (Å²) in [7, 11) is 4.03. The molecule has 1 aromatic carbocycles. The number of unbranched alkanes of at least 4 members (excludes halogenated alkanes) is 1. The zero-order valence-electron chi connectivity index (χ0n) is 16.6. The van der Waals surface area contributed by atoms with E-state index in [1.165, 1.54) is 11.1 Å². The standard InChI is InChI=1S/C21H29N3O3.ClH/c1-23(2)15-19-14-18-11-13-24(16-20(18)26-19)27-21(25)22-12-7-6-10-17-8-4-3-5-9-17;/h3-5,8-9,14H,6-7,10-13,15-16H2,1-2H3,(H,22,25);1H. The van der Waals surface area contributed by atoms with E-state index in [-0.39, 0.29) is 12.4 Å². The average Bonchev–Trinajstić information content (AvgIpc) is 3.03. The molecule has 7 heteroatoms. The first-order valence-electron chi connectivity index (χ1n) is 9.60. The maximum absolute atomic E-state index is 12.0. The number of benzene rings is 1. The molecule has 1 aromatic heterocycles. The Labute approximate surface area is 173 Å². The third-order valence-electron chi connectivity index (χ3n) is 4.59. The minimum absolute atomic E-state index is 0. The molecule has 3 rings (SSSR count). The first-order valence-corrected chi connectivity index (χ1v) is 9.60. The molecule has 0 saturated carbocycles. The van der Waals surface area contributed by atoms with Gasteiger partial charge in [0.1, 0.15) is 11.5 Å². The molecule has 0 radical (unpaired) electrons. The molecule has 2 aromatic rings. The predicted octanol–water partition coefficient (Wildman–Crippen LogP) is 3.79. The predicted molar refractivity (Wildman–Crippen MR) is 111 cm³/mol. The van der Waals surface area contributed by atoms with Gasteiger partial charge in [-0.15, -0.1) is 17.5 Å². The summed E-state index contributed by atoms with van der Waals surface area (Å²) < 4.78 is 5.89. The number of carbonyl (C=O) groups is 1. The van der Waals surface area contributed by atoms with Crippen molar-refractivity contribution in [3.63, 3.8) is 0 Å². The Hall–Kier alpha value is -2.02. The number of carbonyl (C=O) groups excluding carboxylic acids is 1. The average molecular weight is 408 g/mol. The highest BCUT2D eigenvalue weighted by atomic mass is 35.5. The zero-order valence-corrected chi connectivity index (χ0v) is 17.5. The van der Waals surface area contributed by atoms with Crippen LogP contribution in [0.5, 0.6) is 0 Å². The molecule has 2 heterocycles. The quantitative estimate of drug-likeness (QED) is 0.675. The zero-order chi connectivity index (χ0) is 19.1. The van der Waals surface area contributed by atoms with Gasteiger partial charge in [0, 0.05) is 13.1 Å². The van der Waals surface area contributed by atoms with Crippen LogP contribution in [0.4, 0.5) is 4.79 Å². The number of halogens is 1. The van der Waals surface area contributed by atoms with Crippen LogP contribution in [0, 0.1) is 0 Å².